The molecular formula is C19H18BrN5O3. The fourth-order valence-corrected chi connectivity index (χ4v) is 2.59. The van der Waals surface area contributed by atoms with Gasteiger partial charge in [-0.2, -0.15) is 5.10 Å². The lowest BCUT2D eigenvalue weighted by Gasteiger charge is -2.14. The average molecular weight is 444 g/mol. The van der Waals surface area contributed by atoms with Crippen molar-refractivity contribution < 1.29 is 14.3 Å². The van der Waals surface area contributed by atoms with Crippen molar-refractivity contribution in [3.63, 3.8) is 0 Å². The number of hydrogen-bond donors (Lipinski definition) is 2. The molecule has 0 aliphatic carbocycles. The van der Waals surface area contributed by atoms with Gasteiger partial charge >= 0.3 is 0 Å². The number of hydrogen-bond acceptors (Lipinski definition) is 5. The van der Waals surface area contributed by atoms with Gasteiger partial charge in [0.25, 0.3) is 5.91 Å². The van der Waals surface area contributed by atoms with Gasteiger partial charge in [0.05, 0.1) is 12.2 Å². The van der Waals surface area contributed by atoms with Crippen LogP contribution < -0.4 is 15.4 Å². The predicted octanol–water partition coefficient (Wildman–Crippen LogP) is 2.55. The third-order valence-corrected chi connectivity index (χ3v) is 4.28. The normalized spacial score (nSPS) is 11.5. The maximum atomic E-state index is 12.1. The molecular weight excluding hydrogens is 426 g/mol. The number of halogens is 1. The van der Waals surface area contributed by atoms with E-state index >= 15 is 0 Å². The Hall–Kier alpha value is -3.20. The largest absolute Gasteiger partial charge is 0.481 e. The summed E-state index contributed by atoms with van der Waals surface area (Å²) in [5.74, 6) is -0.139. The van der Waals surface area contributed by atoms with Crippen molar-refractivity contribution in [2.45, 2.75) is 13.0 Å². The first-order chi connectivity index (χ1) is 13.5. The van der Waals surface area contributed by atoms with Crippen molar-refractivity contribution in [2.24, 2.45) is 0 Å². The van der Waals surface area contributed by atoms with Crippen molar-refractivity contribution >= 4 is 33.4 Å². The number of aromatic nitrogens is 3. The molecule has 3 rings (SSSR count). The number of carbonyl (C=O) groups excluding carboxylic acids is 2. The van der Waals surface area contributed by atoms with Gasteiger partial charge in [0, 0.05) is 10.2 Å². The van der Waals surface area contributed by atoms with E-state index in [0.717, 1.165) is 10.2 Å². The van der Waals surface area contributed by atoms with E-state index in [2.05, 4.69) is 36.6 Å². The second-order valence-electron chi connectivity index (χ2n) is 5.87. The van der Waals surface area contributed by atoms with Crippen molar-refractivity contribution in [3.8, 4) is 11.4 Å². The molecule has 1 aromatic heterocycles. The average Bonchev–Trinajstić information content (AvgIpc) is 3.23. The molecule has 0 aliphatic rings. The summed E-state index contributed by atoms with van der Waals surface area (Å²) in [5, 5.41) is 9.31. The van der Waals surface area contributed by atoms with Crippen LogP contribution in [0.3, 0.4) is 0 Å². The molecule has 0 bridgehead atoms. The molecule has 0 radical (unpaired) electrons. The number of carbonyl (C=O) groups is 2. The predicted molar refractivity (Wildman–Crippen MR) is 107 cm³/mol. The summed E-state index contributed by atoms with van der Waals surface area (Å²) in [6, 6.07) is 14.2. The van der Waals surface area contributed by atoms with Crippen molar-refractivity contribution in [1.29, 1.82) is 0 Å². The maximum absolute atomic E-state index is 12.1. The molecule has 9 heteroatoms. The highest BCUT2D eigenvalue weighted by atomic mass is 79.9. The van der Waals surface area contributed by atoms with Gasteiger partial charge in [-0.15, -0.1) is 0 Å². The molecule has 2 N–H and O–H groups in total. The minimum absolute atomic E-state index is 0.155. The Bertz CT molecular complexity index is 927. The quantitative estimate of drug-likeness (QED) is 0.584. The van der Waals surface area contributed by atoms with Crippen molar-refractivity contribution in [3.05, 3.63) is 65.7 Å². The molecule has 28 heavy (non-hydrogen) atoms. The Morgan fingerprint density at radius 3 is 2.50 bits per heavy atom. The number of ether oxygens (including phenoxy) is 1. The second kappa shape index (κ2) is 9.14. The van der Waals surface area contributed by atoms with E-state index in [1.165, 1.54) is 6.33 Å². The Morgan fingerprint density at radius 1 is 1.14 bits per heavy atom. The standard InChI is InChI=1S/C19H18BrN5O3/c1-13(28-17-8-2-14(20)3-9-17)19(27)22-10-18(26)24-15-4-6-16(7-5-15)25-12-21-11-23-25/h2-9,11-13H,10H2,1H3,(H,22,27)(H,24,26). The molecule has 0 spiro atoms. The lowest BCUT2D eigenvalue weighted by molar-refractivity contribution is -0.129. The van der Waals surface area contributed by atoms with Crippen LogP contribution in [0.5, 0.6) is 5.75 Å². The first kappa shape index (κ1) is 19.6. The van der Waals surface area contributed by atoms with Gasteiger partial charge in [-0.1, -0.05) is 15.9 Å². The molecule has 144 valence electrons. The third kappa shape index (κ3) is 5.40. The molecule has 2 aromatic carbocycles. The summed E-state index contributed by atoms with van der Waals surface area (Å²) in [4.78, 5) is 28.0. The SMILES string of the molecule is CC(Oc1ccc(Br)cc1)C(=O)NCC(=O)Nc1ccc(-n2cncn2)cc1. The Labute approximate surface area is 170 Å². The first-order valence-electron chi connectivity index (χ1n) is 8.46. The highest BCUT2D eigenvalue weighted by Gasteiger charge is 2.15. The first-order valence-corrected chi connectivity index (χ1v) is 9.25. The van der Waals surface area contributed by atoms with Crippen LogP contribution in [0.2, 0.25) is 0 Å². The van der Waals surface area contributed by atoms with E-state index in [1.807, 2.05) is 12.1 Å². The van der Waals surface area contributed by atoms with Gasteiger partial charge in [-0.25, -0.2) is 9.67 Å². The Morgan fingerprint density at radius 2 is 1.86 bits per heavy atom. The monoisotopic (exact) mass is 443 g/mol. The van der Waals surface area contributed by atoms with Gasteiger partial charge in [-0.05, 0) is 55.5 Å². The van der Waals surface area contributed by atoms with Gasteiger partial charge in [0.2, 0.25) is 5.91 Å². The number of nitrogens with one attached hydrogen (secondary N) is 2. The molecule has 1 heterocycles. The molecule has 2 amide bonds. The number of benzene rings is 2. The van der Waals surface area contributed by atoms with E-state index in [-0.39, 0.29) is 18.4 Å². The molecule has 0 saturated heterocycles. The van der Waals surface area contributed by atoms with E-state index in [9.17, 15) is 9.59 Å². The van der Waals surface area contributed by atoms with Gasteiger partial charge in [-0.3, -0.25) is 9.59 Å². The molecule has 0 fully saturated rings. The number of rotatable bonds is 7. The van der Waals surface area contributed by atoms with E-state index in [4.69, 9.17) is 4.74 Å². The molecule has 3 aromatic rings. The highest BCUT2D eigenvalue weighted by molar-refractivity contribution is 9.10. The zero-order valence-corrected chi connectivity index (χ0v) is 16.6. The summed E-state index contributed by atoms with van der Waals surface area (Å²) in [5.41, 5.74) is 1.44. The summed E-state index contributed by atoms with van der Waals surface area (Å²) in [6.07, 6.45) is 2.30. The van der Waals surface area contributed by atoms with E-state index in [0.29, 0.717) is 11.4 Å². The van der Waals surface area contributed by atoms with E-state index < -0.39 is 6.10 Å². The van der Waals surface area contributed by atoms with Crippen LogP contribution in [0.1, 0.15) is 6.92 Å². The molecule has 0 aliphatic heterocycles. The number of amides is 2. The summed E-state index contributed by atoms with van der Waals surface area (Å²) in [7, 11) is 0. The third-order valence-electron chi connectivity index (χ3n) is 3.75. The second-order valence-corrected chi connectivity index (χ2v) is 6.78. The fraction of sp³-hybridized carbons (Fsp3) is 0.158. The van der Waals surface area contributed by atoms with Crippen LogP contribution in [0.15, 0.2) is 65.7 Å². The van der Waals surface area contributed by atoms with Crippen LogP contribution in [0.25, 0.3) is 5.69 Å². The fourth-order valence-electron chi connectivity index (χ4n) is 2.33. The van der Waals surface area contributed by atoms with E-state index in [1.54, 1.807) is 54.3 Å². The Kier molecular flexibility index (Phi) is 6.38. The smallest absolute Gasteiger partial charge is 0.261 e. The van der Waals surface area contributed by atoms with Gasteiger partial charge in [0.15, 0.2) is 6.10 Å². The van der Waals surface area contributed by atoms with Crippen molar-refractivity contribution in [1.82, 2.24) is 20.1 Å². The number of nitrogens with zero attached hydrogens (tertiary/aromatic N) is 3. The Balaban J connectivity index is 1.45. The lowest BCUT2D eigenvalue weighted by Crippen LogP contribution is -2.40. The molecule has 8 nitrogen and oxygen atoms in total. The minimum atomic E-state index is -0.726. The lowest BCUT2D eigenvalue weighted by atomic mass is 10.3. The van der Waals surface area contributed by atoms with Crippen LogP contribution in [0, 0.1) is 0 Å². The topological polar surface area (TPSA) is 98.1 Å². The zero-order valence-electron chi connectivity index (χ0n) is 15.0. The minimum Gasteiger partial charge on any atom is -0.481 e. The molecule has 0 saturated carbocycles. The summed E-state index contributed by atoms with van der Waals surface area (Å²) in [6.45, 7) is 1.47. The van der Waals surface area contributed by atoms with Crippen LogP contribution in [-0.2, 0) is 9.59 Å². The molecule has 1 atom stereocenters. The summed E-state index contributed by atoms with van der Waals surface area (Å²) < 4.78 is 8.08. The van der Waals surface area contributed by atoms with Gasteiger partial charge < -0.3 is 15.4 Å². The zero-order chi connectivity index (χ0) is 19.9. The highest BCUT2D eigenvalue weighted by Crippen LogP contribution is 2.17. The van der Waals surface area contributed by atoms with Crippen molar-refractivity contribution in [2.75, 3.05) is 11.9 Å². The van der Waals surface area contributed by atoms with Crippen LogP contribution in [-0.4, -0.2) is 39.2 Å². The van der Waals surface area contributed by atoms with Crippen LogP contribution in [0.4, 0.5) is 5.69 Å². The number of anilines is 1. The van der Waals surface area contributed by atoms with Gasteiger partial charge in [0.1, 0.15) is 18.4 Å². The maximum Gasteiger partial charge on any atom is 0.261 e. The molecule has 1 unspecified atom stereocenters. The summed E-state index contributed by atoms with van der Waals surface area (Å²) >= 11 is 3.34. The van der Waals surface area contributed by atoms with Crippen LogP contribution >= 0.6 is 15.9 Å².